The molecule has 136 valence electrons. The summed E-state index contributed by atoms with van der Waals surface area (Å²) in [5, 5.41) is 0. The van der Waals surface area contributed by atoms with Gasteiger partial charge in [-0.05, 0) is 37.8 Å². The fourth-order valence-corrected chi connectivity index (χ4v) is 3.49. The van der Waals surface area contributed by atoms with E-state index in [9.17, 15) is 14.0 Å². The van der Waals surface area contributed by atoms with Gasteiger partial charge in [-0.2, -0.15) is 0 Å². The number of carbonyl (C=O) groups excluding carboxylic acids is 2. The van der Waals surface area contributed by atoms with Gasteiger partial charge in [0.05, 0.1) is 13.2 Å². The van der Waals surface area contributed by atoms with E-state index in [4.69, 9.17) is 4.74 Å². The third kappa shape index (κ3) is 4.94. The van der Waals surface area contributed by atoms with Crippen molar-refractivity contribution in [2.45, 2.75) is 32.1 Å². The number of nitrogens with zero attached hydrogens (tertiary/aromatic N) is 2. The Kier molecular flexibility index (Phi) is 5.89. The molecule has 1 aromatic rings. The van der Waals surface area contributed by atoms with Crippen LogP contribution in [0.5, 0.6) is 5.75 Å². The molecule has 5 nitrogen and oxygen atoms in total. The smallest absolute Gasteiger partial charge is 0.242 e. The van der Waals surface area contributed by atoms with E-state index in [2.05, 4.69) is 0 Å². The van der Waals surface area contributed by atoms with Crippen LogP contribution in [0.2, 0.25) is 0 Å². The fourth-order valence-electron chi connectivity index (χ4n) is 3.49. The molecule has 0 unspecified atom stereocenters. The third-order valence-corrected chi connectivity index (χ3v) is 4.90. The second-order valence-electron chi connectivity index (χ2n) is 6.89. The Morgan fingerprint density at radius 2 is 2.12 bits per heavy atom. The molecule has 2 fully saturated rings. The summed E-state index contributed by atoms with van der Waals surface area (Å²) in [5.74, 6) is 0.540. The Labute approximate surface area is 147 Å². The number of hydrogen-bond donors (Lipinski definition) is 0. The summed E-state index contributed by atoms with van der Waals surface area (Å²) in [6.45, 7) is 2.71. The Morgan fingerprint density at radius 1 is 1.24 bits per heavy atom. The summed E-state index contributed by atoms with van der Waals surface area (Å²) < 4.78 is 18.9. The largest absolute Gasteiger partial charge is 0.493 e. The van der Waals surface area contributed by atoms with Gasteiger partial charge in [0.2, 0.25) is 11.8 Å². The van der Waals surface area contributed by atoms with Crippen molar-refractivity contribution in [3.8, 4) is 5.75 Å². The van der Waals surface area contributed by atoms with E-state index in [1.54, 1.807) is 17.0 Å². The number of ether oxygens (including phenoxy) is 1. The number of benzene rings is 1. The van der Waals surface area contributed by atoms with E-state index in [1.165, 1.54) is 12.1 Å². The summed E-state index contributed by atoms with van der Waals surface area (Å²) in [5.41, 5.74) is 0. The standard InChI is InChI=1S/C19H25FN2O3/c20-16-6-3-7-17(11-16)25-14-15-5-4-10-21(12-15)19(24)13-22-9-2-1-8-18(22)23/h3,6-7,11,15H,1-2,4-5,8-10,12-14H2/t15-/m1/s1. The SMILES string of the molecule is O=C1CCCCN1CC(=O)N1CCC[C@@H](COc2cccc(F)c2)C1. The zero-order valence-corrected chi connectivity index (χ0v) is 14.5. The maximum absolute atomic E-state index is 13.2. The van der Waals surface area contributed by atoms with E-state index in [-0.39, 0.29) is 30.1 Å². The molecule has 0 N–H and O–H groups in total. The lowest BCUT2D eigenvalue weighted by atomic mass is 9.99. The van der Waals surface area contributed by atoms with Crippen LogP contribution in [0.4, 0.5) is 4.39 Å². The Morgan fingerprint density at radius 3 is 2.92 bits per heavy atom. The van der Waals surface area contributed by atoms with Gasteiger partial charge < -0.3 is 14.5 Å². The maximum Gasteiger partial charge on any atom is 0.242 e. The van der Waals surface area contributed by atoms with Gasteiger partial charge in [0, 0.05) is 38.0 Å². The number of rotatable bonds is 5. The highest BCUT2D eigenvalue weighted by Crippen LogP contribution is 2.20. The average molecular weight is 348 g/mol. The first kappa shape index (κ1) is 17.7. The molecule has 3 rings (SSSR count). The molecule has 0 aromatic heterocycles. The fraction of sp³-hybridized carbons (Fsp3) is 0.579. The molecule has 1 aromatic carbocycles. The molecule has 2 aliphatic rings. The lowest BCUT2D eigenvalue weighted by molar-refractivity contribution is -0.143. The minimum atomic E-state index is -0.316. The van der Waals surface area contributed by atoms with E-state index < -0.39 is 0 Å². The van der Waals surface area contributed by atoms with Gasteiger partial charge in [0.15, 0.2) is 0 Å². The van der Waals surface area contributed by atoms with Crippen LogP contribution in [0.25, 0.3) is 0 Å². The first-order valence-electron chi connectivity index (χ1n) is 9.06. The lowest BCUT2D eigenvalue weighted by Gasteiger charge is -2.35. The molecule has 0 bridgehead atoms. The monoisotopic (exact) mass is 348 g/mol. The third-order valence-electron chi connectivity index (χ3n) is 4.90. The van der Waals surface area contributed by atoms with Crippen LogP contribution >= 0.6 is 0 Å². The van der Waals surface area contributed by atoms with Crippen molar-refractivity contribution < 1.29 is 18.7 Å². The molecular weight excluding hydrogens is 323 g/mol. The Bertz CT molecular complexity index is 622. The summed E-state index contributed by atoms with van der Waals surface area (Å²) in [4.78, 5) is 27.9. The van der Waals surface area contributed by atoms with Crippen LogP contribution in [0, 0.1) is 11.7 Å². The molecule has 6 heteroatoms. The highest BCUT2D eigenvalue weighted by atomic mass is 19.1. The highest BCUT2D eigenvalue weighted by molar-refractivity contribution is 5.85. The average Bonchev–Trinajstić information content (AvgIpc) is 2.62. The van der Waals surface area contributed by atoms with Crippen molar-refractivity contribution in [3.63, 3.8) is 0 Å². The van der Waals surface area contributed by atoms with Crippen LogP contribution in [-0.2, 0) is 9.59 Å². The second kappa shape index (κ2) is 8.32. The molecule has 25 heavy (non-hydrogen) atoms. The van der Waals surface area contributed by atoms with Crippen molar-refractivity contribution in [2.75, 3.05) is 32.8 Å². The molecule has 2 saturated heterocycles. The molecule has 0 saturated carbocycles. The molecule has 1 atom stereocenters. The second-order valence-corrected chi connectivity index (χ2v) is 6.89. The molecule has 2 aliphatic heterocycles. The number of hydrogen-bond acceptors (Lipinski definition) is 3. The summed E-state index contributed by atoms with van der Waals surface area (Å²) >= 11 is 0. The quantitative estimate of drug-likeness (QED) is 0.821. The molecule has 2 amide bonds. The van der Waals surface area contributed by atoms with Crippen LogP contribution in [0.3, 0.4) is 0 Å². The predicted octanol–water partition coefficient (Wildman–Crippen LogP) is 2.46. The van der Waals surface area contributed by atoms with Crippen molar-refractivity contribution in [1.29, 1.82) is 0 Å². The number of likely N-dealkylation sites (tertiary alicyclic amines) is 2. The highest BCUT2D eigenvalue weighted by Gasteiger charge is 2.27. The van der Waals surface area contributed by atoms with Gasteiger partial charge in [-0.3, -0.25) is 9.59 Å². The predicted molar refractivity (Wildman–Crippen MR) is 91.6 cm³/mol. The first-order valence-corrected chi connectivity index (χ1v) is 9.06. The summed E-state index contributed by atoms with van der Waals surface area (Å²) in [6.07, 6.45) is 4.37. The lowest BCUT2D eigenvalue weighted by Crippen LogP contribution is -2.48. The van der Waals surface area contributed by atoms with Crippen LogP contribution in [0.15, 0.2) is 24.3 Å². The first-order chi connectivity index (χ1) is 12.1. The van der Waals surface area contributed by atoms with Crippen molar-refractivity contribution >= 4 is 11.8 Å². The molecular formula is C19H25FN2O3. The van der Waals surface area contributed by atoms with Gasteiger partial charge in [0.1, 0.15) is 11.6 Å². The zero-order valence-electron chi connectivity index (χ0n) is 14.5. The van der Waals surface area contributed by atoms with Crippen LogP contribution in [0.1, 0.15) is 32.1 Å². The van der Waals surface area contributed by atoms with Gasteiger partial charge >= 0.3 is 0 Å². The molecule has 0 aliphatic carbocycles. The summed E-state index contributed by atoms with van der Waals surface area (Å²) in [7, 11) is 0. The Balaban J connectivity index is 1.48. The van der Waals surface area contributed by atoms with Gasteiger partial charge in [-0.15, -0.1) is 0 Å². The van der Waals surface area contributed by atoms with E-state index in [0.29, 0.717) is 31.9 Å². The number of halogens is 1. The summed E-state index contributed by atoms with van der Waals surface area (Å²) in [6, 6.07) is 6.11. The van der Waals surface area contributed by atoms with Crippen molar-refractivity contribution in [2.24, 2.45) is 5.92 Å². The molecule has 0 radical (unpaired) electrons. The van der Waals surface area contributed by atoms with E-state index in [1.807, 2.05) is 4.90 Å². The minimum absolute atomic E-state index is 0.0192. The van der Waals surface area contributed by atoms with Crippen molar-refractivity contribution in [3.05, 3.63) is 30.1 Å². The van der Waals surface area contributed by atoms with Gasteiger partial charge in [-0.25, -0.2) is 4.39 Å². The van der Waals surface area contributed by atoms with Crippen molar-refractivity contribution in [1.82, 2.24) is 9.80 Å². The van der Waals surface area contributed by atoms with Crippen LogP contribution in [-0.4, -0.2) is 54.4 Å². The van der Waals surface area contributed by atoms with E-state index >= 15 is 0 Å². The normalized spacial score (nSPS) is 21.3. The minimum Gasteiger partial charge on any atom is -0.493 e. The van der Waals surface area contributed by atoms with Gasteiger partial charge in [-0.1, -0.05) is 6.07 Å². The van der Waals surface area contributed by atoms with E-state index in [0.717, 1.165) is 32.2 Å². The topological polar surface area (TPSA) is 49.9 Å². The number of amides is 2. The number of carbonyl (C=O) groups is 2. The number of piperidine rings is 2. The molecule has 0 spiro atoms. The maximum atomic E-state index is 13.2. The van der Waals surface area contributed by atoms with Gasteiger partial charge in [0.25, 0.3) is 0 Å². The molecule has 2 heterocycles. The van der Waals surface area contributed by atoms with Crippen LogP contribution < -0.4 is 4.74 Å². The Hall–Kier alpha value is -2.11. The zero-order chi connectivity index (χ0) is 17.6.